The van der Waals surface area contributed by atoms with Crippen LogP contribution in [0.1, 0.15) is 30.9 Å². The van der Waals surface area contributed by atoms with Crippen molar-refractivity contribution >= 4 is 11.6 Å². The predicted molar refractivity (Wildman–Crippen MR) is 58.5 cm³/mol. The Labute approximate surface area is 94.4 Å². The highest BCUT2D eigenvalue weighted by Gasteiger charge is 2.22. The van der Waals surface area contributed by atoms with Crippen LogP contribution in [0, 0.1) is 11.3 Å². The highest BCUT2D eigenvalue weighted by Crippen LogP contribution is 2.31. The quantitative estimate of drug-likeness (QED) is 0.728. The molecule has 1 saturated heterocycles. The lowest BCUT2D eigenvalue weighted by atomic mass is 9.99. The summed E-state index contributed by atoms with van der Waals surface area (Å²) in [7, 11) is 0. The molecule has 1 aromatic rings. The summed E-state index contributed by atoms with van der Waals surface area (Å²) < 4.78 is 5.66. The van der Waals surface area contributed by atoms with Crippen LogP contribution in [0.4, 0.5) is 0 Å². The molecule has 2 nitrogen and oxygen atoms in total. The van der Waals surface area contributed by atoms with Gasteiger partial charge >= 0.3 is 0 Å². The third-order valence-electron chi connectivity index (χ3n) is 2.65. The Morgan fingerprint density at radius 2 is 2.00 bits per heavy atom. The molecular weight excluding hydrogens is 210 g/mol. The third kappa shape index (κ3) is 2.50. The Morgan fingerprint density at radius 3 is 2.67 bits per heavy atom. The lowest BCUT2D eigenvalue weighted by Crippen LogP contribution is -2.20. The topological polar surface area (TPSA) is 33.0 Å². The van der Waals surface area contributed by atoms with Crippen molar-refractivity contribution in [1.82, 2.24) is 0 Å². The summed E-state index contributed by atoms with van der Waals surface area (Å²) in [5.41, 5.74) is 1.11. The Morgan fingerprint density at radius 1 is 1.27 bits per heavy atom. The van der Waals surface area contributed by atoms with Gasteiger partial charge in [-0.3, -0.25) is 0 Å². The average Bonchev–Trinajstić information content (AvgIpc) is 2.30. The summed E-state index contributed by atoms with van der Waals surface area (Å²) in [6, 6.07) is 9.81. The number of rotatable bonds is 1. The second-order valence-corrected chi connectivity index (χ2v) is 4.16. The lowest BCUT2D eigenvalue weighted by molar-refractivity contribution is -0.0228. The first kappa shape index (κ1) is 10.5. The van der Waals surface area contributed by atoms with Gasteiger partial charge in [-0.05, 0) is 37.0 Å². The molecule has 2 rings (SSSR count). The molecule has 1 aliphatic heterocycles. The Hall–Kier alpha value is -1.04. The minimum absolute atomic E-state index is 0.0562. The largest absolute Gasteiger partial charge is 0.355 e. The van der Waals surface area contributed by atoms with E-state index < -0.39 is 0 Å². The van der Waals surface area contributed by atoms with Gasteiger partial charge in [-0.2, -0.15) is 5.26 Å². The molecule has 0 N–H and O–H groups in total. The van der Waals surface area contributed by atoms with Crippen molar-refractivity contribution in [2.75, 3.05) is 0 Å². The molecule has 0 radical (unpaired) electrons. The van der Waals surface area contributed by atoms with E-state index in [4.69, 9.17) is 21.6 Å². The Bertz CT molecular complexity index is 368. The molecular formula is C12H12ClNO. The number of nitriles is 1. The molecule has 2 atom stereocenters. The summed E-state index contributed by atoms with van der Waals surface area (Å²) in [6.45, 7) is 0. The van der Waals surface area contributed by atoms with Gasteiger partial charge in [-0.1, -0.05) is 23.7 Å². The molecule has 78 valence electrons. The van der Waals surface area contributed by atoms with E-state index >= 15 is 0 Å². The van der Waals surface area contributed by atoms with E-state index in [1.54, 1.807) is 0 Å². The number of ether oxygens (including phenoxy) is 1. The molecule has 0 bridgehead atoms. The second kappa shape index (κ2) is 4.65. The van der Waals surface area contributed by atoms with E-state index in [0.717, 1.165) is 29.8 Å². The fourth-order valence-electron chi connectivity index (χ4n) is 1.84. The fourth-order valence-corrected chi connectivity index (χ4v) is 1.97. The fraction of sp³-hybridized carbons (Fsp3) is 0.417. The standard InChI is InChI=1S/C12H12ClNO/c13-10-6-4-9(5-7-10)12-3-1-2-11(8-14)15-12/h4-7,11-12H,1-3H2/t11-,12-/m1/s1. The third-order valence-corrected chi connectivity index (χ3v) is 2.90. The Kier molecular flexibility index (Phi) is 3.25. The van der Waals surface area contributed by atoms with Crippen LogP contribution < -0.4 is 0 Å². The molecule has 1 fully saturated rings. The zero-order chi connectivity index (χ0) is 10.7. The molecule has 1 aliphatic rings. The van der Waals surface area contributed by atoms with E-state index in [0.29, 0.717) is 0 Å². The van der Waals surface area contributed by atoms with Gasteiger partial charge in [-0.25, -0.2) is 0 Å². The highest BCUT2D eigenvalue weighted by molar-refractivity contribution is 6.30. The van der Waals surface area contributed by atoms with E-state index in [-0.39, 0.29) is 12.2 Å². The summed E-state index contributed by atoms with van der Waals surface area (Å²) in [4.78, 5) is 0. The van der Waals surface area contributed by atoms with E-state index in [1.807, 2.05) is 24.3 Å². The van der Waals surface area contributed by atoms with Gasteiger partial charge in [0, 0.05) is 5.02 Å². The second-order valence-electron chi connectivity index (χ2n) is 3.72. The van der Waals surface area contributed by atoms with Crippen LogP contribution in [0.2, 0.25) is 5.02 Å². The summed E-state index contributed by atoms with van der Waals surface area (Å²) >= 11 is 5.81. The van der Waals surface area contributed by atoms with Crippen molar-refractivity contribution < 1.29 is 4.74 Å². The van der Waals surface area contributed by atoms with Crippen molar-refractivity contribution in [1.29, 1.82) is 5.26 Å². The predicted octanol–water partition coefficient (Wildman–Crippen LogP) is 3.47. The Balaban J connectivity index is 2.10. The van der Waals surface area contributed by atoms with Gasteiger partial charge in [0.25, 0.3) is 0 Å². The average molecular weight is 222 g/mol. The van der Waals surface area contributed by atoms with Gasteiger partial charge < -0.3 is 4.74 Å². The van der Waals surface area contributed by atoms with Gasteiger partial charge in [0.2, 0.25) is 0 Å². The summed E-state index contributed by atoms with van der Waals surface area (Å²) in [5.74, 6) is 0. The first-order valence-corrected chi connectivity index (χ1v) is 5.48. The SMILES string of the molecule is N#C[C@H]1CCC[C@H](c2ccc(Cl)cc2)O1. The first-order chi connectivity index (χ1) is 7.29. The van der Waals surface area contributed by atoms with Crippen molar-refractivity contribution in [2.45, 2.75) is 31.5 Å². The summed E-state index contributed by atoms with van der Waals surface area (Å²) in [6.07, 6.45) is 2.69. The van der Waals surface area contributed by atoms with Crippen LogP contribution >= 0.6 is 11.6 Å². The molecule has 0 amide bonds. The molecule has 15 heavy (non-hydrogen) atoms. The molecule has 1 aromatic carbocycles. The minimum atomic E-state index is -0.251. The van der Waals surface area contributed by atoms with Crippen molar-refractivity contribution in [3.05, 3.63) is 34.9 Å². The van der Waals surface area contributed by atoms with Gasteiger partial charge in [-0.15, -0.1) is 0 Å². The van der Waals surface area contributed by atoms with E-state index in [2.05, 4.69) is 6.07 Å². The number of benzene rings is 1. The van der Waals surface area contributed by atoms with Crippen LogP contribution in [0.3, 0.4) is 0 Å². The minimum Gasteiger partial charge on any atom is -0.355 e. The molecule has 3 heteroatoms. The molecule has 0 aliphatic carbocycles. The van der Waals surface area contributed by atoms with Crippen LogP contribution in [-0.2, 0) is 4.74 Å². The molecule has 0 aromatic heterocycles. The molecule has 0 unspecified atom stereocenters. The van der Waals surface area contributed by atoms with Gasteiger partial charge in [0.1, 0.15) is 6.10 Å². The maximum absolute atomic E-state index is 8.80. The zero-order valence-electron chi connectivity index (χ0n) is 8.32. The van der Waals surface area contributed by atoms with Crippen molar-refractivity contribution in [3.63, 3.8) is 0 Å². The van der Waals surface area contributed by atoms with Crippen LogP contribution in [0.5, 0.6) is 0 Å². The van der Waals surface area contributed by atoms with E-state index in [9.17, 15) is 0 Å². The number of hydrogen-bond donors (Lipinski definition) is 0. The molecule has 1 heterocycles. The number of halogens is 1. The van der Waals surface area contributed by atoms with E-state index in [1.165, 1.54) is 0 Å². The summed E-state index contributed by atoms with van der Waals surface area (Å²) in [5, 5.41) is 9.53. The highest BCUT2D eigenvalue weighted by atomic mass is 35.5. The molecule has 0 saturated carbocycles. The monoisotopic (exact) mass is 221 g/mol. The number of nitrogens with zero attached hydrogens (tertiary/aromatic N) is 1. The maximum Gasteiger partial charge on any atom is 0.144 e. The van der Waals surface area contributed by atoms with Crippen LogP contribution in [0.15, 0.2) is 24.3 Å². The first-order valence-electron chi connectivity index (χ1n) is 5.10. The van der Waals surface area contributed by atoms with Crippen molar-refractivity contribution in [2.24, 2.45) is 0 Å². The van der Waals surface area contributed by atoms with Gasteiger partial charge in [0.15, 0.2) is 0 Å². The van der Waals surface area contributed by atoms with Crippen LogP contribution in [0.25, 0.3) is 0 Å². The van der Waals surface area contributed by atoms with Gasteiger partial charge in [0.05, 0.1) is 12.2 Å². The lowest BCUT2D eigenvalue weighted by Gasteiger charge is -2.26. The van der Waals surface area contributed by atoms with Crippen LogP contribution in [-0.4, -0.2) is 6.10 Å². The molecule has 0 spiro atoms. The maximum atomic E-state index is 8.80. The normalized spacial score (nSPS) is 25.9. The number of hydrogen-bond acceptors (Lipinski definition) is 2. The smallest absolute Gasteiger partial charge is 0.144 e. The van der Waals surface area contributed by atoms with Crippen molar-refractivity contribution in [3.8, 4) is 6.07 Å². The zero-order valence-corrected chi connectivity index (χ0v) is 9.07.